The van der Waals surface area contributed by atoms with E-state index in [1.165, 1.54) is 7.11 Å². The molecule has 0 radical (unpaired) electrons. The molecule has 1 unspecified atom stereocenters. The van der Waals surface area contributed by atoms with Crippen molar-refractivity contribution in [2.24, 2.45) is 0 Å². The van der Waals surface area contributed by atoms with Gasteiger partial charge in [-0.15, -0.1) is 0 Å². The van der Waals surface area contributed by atoms with Gasteiger partial charge in [-0.05, 0) is 6.42 Å². The van der Waals surface area contributed by atoms with Crippen LogP contribution in [0, 0.1) is 0 Å². The first-order valence-electron chi connectivity index (χ1n) is 5.66. The highest BCUT2D eigenvalue weighted by Crippen LogP contribution is 2.09. The third-order valence-corrected chi connectivity index (χ3v) is 2.67. The van der Waals surface area contributed by atoms with Crippen molar-refractivity contribution < 1.29 is 19.0 Å². The second-order valence-corrected chi connectivity index (χ2v) is 3.92. The van der Waals surface area contributed by atoms with Crippen molar-refractivity contribution in [1.82, 2.24) is 4.90 Å². The predicted octanol–water partition coefficient (Wildman–Crippen LogP) is 0.287. The Morgan fingerprint density at radius 2 is 2.31 bits per heavy atom. The van der Waals surface area contributed by atoms with Crippen molar-refractivity contribution in [3.8, 4) is 0 Å². The number of morpholine rings is 1. The maximum Gasteiger partial charge on any atom is 0.308 e. The minimum atomic E-state index is -0.205. The standard InChI is InChI=1S/C11H21NO4/c1-14-6-3-4-12-5-7-16-10(9-12)8-11(13)15-2/h10H,3-9H2,1-2H3. The molecule has 1 atom stereocenters. The molecule has 5 heteroatoms. The van der Waals surface area contributed by atoms with Crippen LogP contribution in [0.1, 0.15) is 12.8 Å². The highest BCUT2D eigenvalue weighted by Gasteiger charge is 2.22. The molecule has 1 fully saturated rings. The van der Waals surface area contributed by atoms with Gasteiger partial charge in [0.25, 0.3) is 0 Å². The molecule has 1 aliphatic rings. The summed E-state index contributed by atoms with van der Waals surface area (Å²) in [5.74, 6) is -0.205. The molecule has 0 bridgehead atoms. The van der Waals surface area contributed by atoms with E-state index >= 15 is 0 Å². The van der Waals surface area contributed by atoms with Crippen LogP contribution in [0.5, 0.6) is 0 Å². The van der Waals surface area contributed by atoms with Gasteiger partial charge in [-0.1, -0.05) is 0 Å². The van der Waals surface area contributed by atoms with Gasteiger partial charge in [-0.2, -0.15) is 0 Å². The van der Waals surface area contributed by atoms with Crippen molar-refractivity contribution in [3.63, 3.8) is 0 Å². The average Bonchev–Trinajstić information content (AvgIpc) is 2.30. The van der Waals surface area contributed by atoms with Crippen LogP contribution in [0.3, 0.4) is 0 Å². The van der Waals surface area contributed by atoms with E-state index in [1.54, 1.807) is 7.11 Å². The van der Waals surface area contributed by atoms with Gasteiger partial charge >= 0.3 is 5.97 Å². The van der Waals surface area contributed by atoms with Crippen LogP contribution in [0.15, 0.2) is 0 Å². The molecule has 94 valence electrons. The number of methoxy groups -OCH3 is 2. The van der Waals surface area contributed by atoms with Crippen molar-refractivity contribution >= 4 is 5.97 Å². The maximum atomic E-state index is 11.1. The zero-order chi connectivity index (χ0) is 11.8. The Bertz CT molecular complexity index is 210. The second kappa shape index (κ2) is 7.60. The molecule has 16 heavy (non-hydrogen) atoms. The first-order chi connectivity index (χ1) is 7.76. The number of rotatable bonds is 6. The minimum absolute atomic E-state index is 0.0243. The number of hydrogen-bond acceptors (Lipinski definition) is 5. The summed E-state index contributed by atoms with van der Waals surface area (Å²) in [5.41, 5.74) is 0. The topological polar surface area (TPSA) is 48.0 Å². The second-order valence-electron chi connectivity index (χ2n) is 3.92. The summed E-state index contributed by atoms with van der Waals surface area (Å²) in [4.78, 5) is 13.4. The zero-order valence-electron chi connectivity index (χ0n) is 10.1. The van der Waals surface area contributed by atoms with E-state index in [0.29, 0.717) is 13.0 Å². The summed E-state index contributed by atoms with van der Waals surface area (Å²) in [6.07, 6.45) is 1.34. The average molecular weight is 231 g/mol. The smallest absolute Gasteiger partial charge is 0.308 e. The quantitative estimate of drug-likeness (QED) is 0.485. The highest BCUT2D eigenvalue weighted by molar-refractivity contribution is 5.69. The summed E-state index contributed by atoms with van der Waals surface area (Å²) in [7, 11) is 3.11. The first-order valence-corrected chi connectivity index (χ1v) is 5.66. The number of ether oxygens (including phenoxy) is 3. The molecule has 1 heterocycles. The van der Waals surface area contributed by atoms with Gasteiger partial charge < -0.3 is 14.2 Å². The van der Waals surface area contributed by atoms with Crippen molar-refractivity contribution in [2.75, 3.05) is 47.1 Å². The van der Waals surface area contributed by atoms with E-state index in [4.69, 9.17) is 9.47 Å². The summed E-state index contributed by atoms with van der Waals surface area (Å²) in [6, 6.07) is 0. The lowest BCUT2D eigenvalue weighted by atomic mass is 10.2. The van der Waals surface area contributed by atoms with Crippen LogP contribution in [0.4, 0.5) is 0 Å². The number of carbonyl (C=O) groups excluding carboxylic acids is 1. The van der Waals surface area contributed by atoms with Crippen LogP contribution >= 0.6 is 0 Å². The van der Waals surface area contributed by atoms with Crippen LogP contribution < -0.4 is 0 Å². The van der Waals surface area contributed by atoms with Gasteiger partial charge in [0.1, 0.15) is 0 Å². The zero-order valence-corrected chi connectivity index (χ0v) is 10.1. The molecule has 0 aromatic heterocycles. The maximum absolute atomic E-state index is 11.1. The summed E-state index contributed by atoms with van der Waals surface area (Å²) >= 11 is 0. The Morgan fingerprint density at radius 1 is 1.50 bits per heavy atom. The van der Waals surface area contributed by atoms with Crippen molar-refractivity contribution in [2.45, 2.75) is 18.9 Å². The molecule has 1 rings (SSSR count). The minimum Gasteiger partial charge on any atom is -0.469 e. The van der Waals surface area contributed by atoms with Gasteiger partial charge in [0.15, 0.2) is 0 Å². The van der Waals surface area contributed by atoms with E-state index < -0.39 is 0 Å². The Labute approximate surface area is 96.6 Å². The molecular weight excluding hydrogens is 210 g/mol. The third kappa shape index (κ3) is 4.92. The van der Waals surface area contributed by atoms with Crippen LogP contribution in [-0.4, -0.2) is 64.0 Å². The first kappa shape index (κ1) is 13.4. The fourth-order valence-corrected chi connectivity index (χ4v) is 1.81. The van der Waals surface area contributed by atoms with E-state index in [9.17, 15) is 4.79 Å². The van der Waals surface area contributed by atoms with Gasteiger partial charge in [-0.25, -0.2) is 0 Å². The van der Waals surface area contributed by atoms with Gasteiger partial charge in [-0.3, -0.25) is 9.69 Å². The van der Waals surface area contributed by atoms with Crippen LogP contribution in [-0.2, 0) is 19.0 Å². The highest BCUT2D eigenvalue weighted by atomic mass is 16.5. The number of hydrogen-bond donors (Lipinski definition) is 0. The molecule has 0 aromatic carbocycles. The lowest BCUT2D eigenvalue weighted by molar-refractivity contribution is -0.145. The number of nitrogens with zero attached hydrogens (tertiary/aromatic N) is 1. The summed E-state index contributed by atoms with van der Waals surface area (Å²) in [6.45, 7) is 4.20. The monoisotopic (exact) mass is 231 g/mol. The lowest BCUT2D eigenvalue weighted by Crippen LogP contribution is -2.43. The van der Waals surface area contributed by atoms with E-state index in [-0.39, 0.29) is 12.1 Å². The molecule has 5 nitrogen and oxygen atoms in total. The van der Waals surface area contributed by atoms with E-state index in [1.807, 2.05) is 0 Å². The molecule has 1 saturated heterocycles. The van der Waals surface area contributed by atoms with Crippen molar-refractivity contribution in [3.05, 3.63) is 0 Å². The van der Waals surface area contributed by atoms with E-state index in [2.05, 4.69) is 9.64 Å². The molecule has 0 saturated carbocycles. The predicted molar refractivity (Wildman–Crippen MR) is 59.3 cm³/mol. The van der Waals surface area contributed by atoms with Crippen LogP contribution in [0.25, 0.3) is 0 Å². The number of carbonyl (C=O) groups is 1. The lowest BCUT2D eigenvalue weighted by Gasteiger charge is -2.32. The fraction of sp³-hybridized carbons (Fsp3) is 0.909. The molecule has 0 aliphatic carbocycles. The fourth-order valence-electron chi connectivity index (χ4n) is 1.81. The summed E-state index contributed by atoms with van der Waals surface area (Å²) in [5, 5.41) is 0. The van der Waals surface area contributed by atoms with Gasteiger partial charge in [0, 0.05) is 33.4 Å². The SMILES string of the molecule is COCCCN1CCOC(CC(=O)OC)C1. The normalized spacial score (nSPS) is 22.0. The molecule has 0 N–H and O–H groups in total. The largest absolute Gasteiger partial charge is 0.469 e. The molecule has 0 aromatic rings. The molecular formula is C11H21NO4. The Hall–Kier alpha value is -0.650. The Balaban J connectivity index is 2.21. The summed E-state index contributed by atoms with van der Waals surface area (Å²) < 4.78 is 15.2. The molecule has 0 spiro atoms. The van der Waals surface area contributed by atoms with E-state index in [0.717, 1.165) is 32.7 Å². The van der Waals surface area contributed by atoms with Gasteiger partial charge in [0.05, 0.1) is 26.2 Å². The van der Waals surface area contributed by atoms with Crippen molar-refractivity contribution in [1.29, 1.82) is 0 Å². The molecule has 0 amide bonds. The van der Waals surface area contributed by atoms with Gasteiger partial charge in [0.2, 0.25) is 0 Å². The third-order valence-electron chi connectivity index (χ3n) is 2.67. The number of esters is 1. The van der Waals surface area contributed by atoms with Crippen LogP contribution in [0.2, 0.25) is 0 Å². The Kier molecular flexibility index (Phi) is 6.37. The Morgan fingerprint density at radius 3 is 3.00 bits per heavy atom. The molecule has 1 aliphatic heterocycles.